The highest BCUT2D eigenvalue weighted by Crippen LogP contribution is 2.18. The number of hydrogen-bond donors (Lipinski definition) is 2. The summed E-state index contributed by atoms with van der Waals surface area (Å²) in [5, 5.41) is 0. The van der Waals surface area contributed by atoms with E-state index < -0.39 is 20.2 Å². The van der Waals surface area contributed by atoms with Crippen molar-refractivity contribution in [3.63, 3.8) is 0 Å². The maximum Gasteiger partial charge on any atom is 0.264 e. The monoisotopic (exact) mass is 454 g/mol. The van der Waals surface area contributed by atoms with Gasteiger partial charge in [-0.05, 0) is 37.2 Å². The van der Waals surface area contributed by atoms with Gasteiger partial charge in [0.25, 0.3) is 20.2 Å². The number of nitrogens with zero attached hydrogens (tertiary/aromatic N) is 2. The van der Waals surface area contributed by atoms with Crippen LogP contribution in [-0.4, -0.2) is 59.8 Å². The third-order valence-electron chi connectivity index (χ3n) is 3.75. The molecule has 1 aromatic heterocycles. The first-order chi connectivity index (χ1) is 13.1. The summed E-state index contributed by atoms with van der Waals surface area (Å²) in [7, 11) is -8.03. The molecule has 2 aromatic rings. The van der Waals surface area contributed by atoms with E-state index in [0.29, 0.717) is 4.77 Å². The summed E-state index contributed by atoms with van der Waals surface area (Å²) in [4.78, 5) is 0. The molecule has 0 atom stereocenters. The molecule has 0 aliphatic heterocycles. The van der Waals surface area contributed by atoms with Gasteiger partial charge >= 0.3 is 0 Å². The van der Waals surface area contributed by atoms with Crippen LogP contribution in [0.5, 0.6) is 0 Å². The molecule has 0 aliphatic carbocycles. The van der Waals surface area contributed by atoms with Gasteiger partial charge in [0.2, 0.25) is 0 Å². The van der Waals surface area contributed by atoms with Crippen LogP contribution in [0.4, 0.5) is 0 Å². The Morgan fingerprint density at radius 1 is 0.821 bits per heavy atom. The Balaban J connectivity index is 2.01. The fourth-order valence-electron chi connectivity index (χ4n) is 2.52. The van der Waals surface area contributed by atoms with E-state index in [-0.39, 0.29) is 51.0 Å². The van der Waals surface area contributed by atoms with Gasteiger partial charge in [0.05, 0.1) is 22.5 Å². The molecular formula is C15H22N2O8S3. The van der Waals surface area contributed by atoms with Gasteiger partial charge in [0.15, 0.2) is 4.77 Å². The fourth-order valence-corrected chi connectivity index (χ4v) is 3.79. The minimum atomic E-state index is -4.01. The second-order valence-electron chi connectivity index (χ2n) is 5.98. The van der Waals surface area contributed by atoms with Crippen molar-refractivity contribution in [1.29, 1.82) is 0 Å². The van der Waals surface area contributed by atoms with E-state index in [4.69, 9.17) is 30.8 Å². The quantitative estimate of drug-likeness (QED) is 0.279. The number of benzene rings is 1. The molecule has 2 N–H and O–H groups in total. The van der Waals surface area contributed by atoms with E-state index in [9.17, 15) is 16.8 Å². The molecule has 2 rings (SSSR count). The SMILES string of the molecule is O=S(=O)(O)CCCOCn1c(=S)n(COCCCS(=O)(=O)O)c2ccccc21. The van der Waals surface area contributed by atoms with Gasteiger partial charge in [-0.25, -0.2) is 0 Å². The summed E-state index contributed by atoms with van der Waals surface area (Å²) in [6.07, 6.45) is 0.309. The van der Waals surface area contributed by atoms with Crippen LogP contribution in [0, 0.1) is 4.77 Å². The van der Waals surface area contributed by atoms with Crippen molar-refractivity contribution in [2.75, 3.05) is 24.7 Å². The third kappa shape index (κ3) is 7.24. The Hall–Kier alpha value is -1.35. The molecule has 0 saturated heterocycles. The molecule has 1 aromatic carbocycles. The normalized spacial score (nSPS) is 12.6. The summed E-state index contributed by atoms with van der Waals surface area (Å²) in [5.74, 6) is -0.755. The molecule has 0 spiro atoms. The van der Waals surface area contributed by atoms with Crippen molar-refractivity contribution in [1.82, 2.24) is 9.13 Å². The topological polar surface area (TPSA) is 137 Å². The second-order valence-corrected chi connectivity index (χ2v) is 9.49. The van der Waals surface area contributed by atoms with Crippen LogP contribution in [0.15, 0.2) is 24.3 Å². The number of para-hydroxylation sites is 2. The van der Waals surface area contributed by atoms with Crippen molar-refractivity contribution in [3.05, 3.63) is 29.0 Å². The van der Waals surface area contributed by atoms with Gasteiger partial charge < -0.3 is 9.47 Å². The number of hydrogen-bond acceptors (Lipinski definition) is 7. The van der Waals surface area contributed by atoms with Crippen LogP contribution in [0.2, 0.25) is 0 Å². The molecule has 13 heteroatoms. The molecule has 0 saturated carbocycles. The Morgan fingerprint density at radius 3 is 1.57 bits per heavy atom. The van der Waals surface area contributed by atoms with Crippen molar-refractivity contribution in [2.45, 2.75) is 26.3 Å². The molecule has 0 bridgehead atoms. The Labute approximate surface area is 168 Å². The average Bonchev–Trinajstić information content (AvgIpc) is 2.84. The molecule has 10 nitrogen and oxygen atoms in total. The lowest BCUT2D eigenvalue weighted by atomic mass is 10.3. The smallest absolute Gasteiger partial charge is 0.264 e. The maximum atomic E-state index is 10.7. The van der Waals surface area contributed by atoms with Gasteiger partial charge in [-0.1, -0.05) is 12.1 Å². The number of ether oxygens (including phenoxy) is 2. The third-order valence-corrected chi connectivity index (χ3v) is 5.80. The van der Waals surface area contributed by atoms with E-state index in [1.54, 1.807) is 9.13 Å². The van der Waals surface area contributed by atoms with Crippen LogP contribution >= 0.6 is 12.2 Å². The Morgan fingerprint density at radius 2 is 1.21 bits per heavy atom. The predicted octanol–water partition coefficient (Wildman–Crippen LogP) is 1.68. The molecule has 0 radical (unpaired) electrons. The molecule has 0 amide bonds. The maximum absolute atomic E-state index is 10.7. The van der Waals surface area contributed by atoms with Crippen LogP contribution < -0.4 is 0 Å². The molecular weight excluding hydrogens is 432 g/mol. The summed E-state index contributed by atoms with van der Waals surface area (Å²) in [6.45, 7) is 0.460. The first-order valence-corrected chi connectivity index (χ1v) is 11.9. The van der Waals surface area contributed by atoms with Crippen molar-refractivity contribution in [2.24, 2.45) is 0 Å². The van der Waals surface area contributed by atoms with Crippen molar-refractivity contribution >= 4 is 43.5 Å². The van der Waals surface area contributed by atoms with Crippen LogP contribution in [0.1, 0.15) is 12.8 Å². The van der Waals surface area contributed by atoms with Gasteiger partial charge in [-0.3, -0.25) is 18.2 Å². The van der Waals surface area contributed by atoms with Gasteiger partial charge in [-0.15, -0.1) is 0 Å². The highest BCUT2D eigenvalue weighted by molar-refractivity contribution is 7.86. The van der Waals surface area contributed by atoms with Crippen LogP contribution in [0.3, 0.4) is 0 Å². The van der Waals surface area contributed by atoms with Crippen molar-refractivity contribution in [3.8, 4) is 0 Å². The summed E-state index contributed by atoms with van der Waals surface area (Å²) in [5.41, 5.74) is 1.59. The first kappa shape index (κ1) is 22.9. The van der Waals surface area contributed by atoms with E-state index >= 15 is 0 Å². The highest BCUT2D eigenvalue weighted by Gasteiger charge is 2.11. The zero-order valence-electron chi connectivity index (χ0n) is 14.9. The minimum Gasteiger partial charge on any atom is -0.361 e. The summed E-state index contributed by atoms with van der Waals surface area (Å²) in [6, 6.07) is 7.37. The number of aromatic nitrogens is 2. The van der Waals surface area contributed by atoms with Crippen LogP contribution in [0.25, 0.3) is 11.0 Å². The van der Waals surface area contributed by atoms with Gasteiger partial charge in [-0.2, -0.15) is 16.8 Å². The summed E-state index contributed by atoms with van der Waals surface area (Å²) < 4.78 is 75.1. The predicted molar refractivity (Wildman–Crippen MR) is 105 cm³/mol. The van der Waals surface area contributed by atoms with Gasteiger partial charge in [0.1, 0.15) is 13.5 Å². The zero-order chi connectivity index (χ0) is 20.8. The fraction of sp³-hybridized carbons (Fsp3) is 0.533. The largest absolute Gasteiger partial charge is 0.361 e. The number of imidazole rings is 1. The lowest BCUT2D eigenvalue weighted by Crippen LogP contribution is -2.11. The second kappa shape index (κ2) is 9.91. The highest BCUT2D eigenvalue weighted by atomic mass is 32.2. The molecule has 0 aliphatic rings. The minimum absolute atomic E-state index is 0.0978. The van der Waals surface area contributed by atoms with Crippen LogP contribution in [-0.2, 0) is 43.2 Å². The molecule has 0 unspecified atom stereocenters. The summed E-state index contributed by atoms with van der Waals surface area (Å²) >= 11 is 5.46. The van der Waals surface area contributed by atoms with Crippen molar-refractivity contribution < 1.29 is 35.4 Å². The number of rotatable bonds is 12. The Kier molecular flexibility index (Phi) is 8.12. The zero-order valence-corrected chi connectivity index (χ0v) is 17.4. The molecule has 158 valence electrons. The molecule has 1 heterocycles. The first-order valence-electron chi connectivity index (χ1n) is 8.32. The average molecular weight is 455 g/mol. The Bertz CT molecular complexity index is 975. The molecule has 28 heavy (non-hydrogen) atoms. The van der Waals surface area contributed by atoms with Gasteiger partial charge in [0, 0.05) is 13.2 Å². The lowest BCUT2D eigenvalue weighted by Gasteiger charge is -2.07. The van der Waals surface area contributed by atoms with E-state index in [2.05, 4.69) is 0 Å². The van der Waals surface area contributed by atoms with E-state index in [1.807, 2.05) is 24.3 Å². The number of fused-ring (bicyclic) bond motifs is 1. The molecule has 0 fully saturated rings. The lowest BCUT2D eigenvalue weighted by molar-refractivity contribution is 0.0687. The van der Waals surface area contributed by atoms with E-state index in [1.165, 1.54) is 0 Å². The van der Waals surface area contributed by atoms with E-state index in [0.717, 1.165) is 11.0 Å². The standard InChI is InChI=1S/C15H22N2O8S3/c18-27(19,20)9-3-7-24-11-16-13-5-1-2-6-14(13)17(15(16)26)12-25-8-4-10-28(21,22)23/h1-2,5-6H,3-4,7-12H2,(H,18,19,20)(H,21,22,23).